The van der Waals surface area contributed by atoms with Gasteiger partial charge in [0.1, 0.15) is 0 Å². The minimum absolute atomic E-state index is 1.23. The second kappa shape index (κ2) is 11.7. The van der Waals surface area contributed by atoms with Crippen molar-refractivity contribution in [1.82, 2.24) is 0 Å². The number of hydrogen-bond donors (Lipinski definition) is 0. The molecule has 0 aliphatic rings. The molecule has 0 saturated carbocycles. The Morgan fingerprint density at radius 1 is 0.261 bits per heavy atom. The van der Waals surface area contributed by atoms with Gasteiger partial charge >= 0.3 is 0 Å². The number of fused-ring (bicyclic) bond motifs is 6. The van der Waals surface area contributed by atoms with Crippen LogP contribution >= 0.6 is 0 Å². The second-order valence-corrected chi connectivity index (χ2v) is 11.7. The quantitative estimate of drug-likeness (QED) is 0.143. The average molecular weight is 587 g/mol. The van der Waals surface area contributed by atoms with Crippen molar-refractivity contribution in [3.05, 3.63) is 170 Å². The van der Waals surface area contributed by atoms with Crippen LogP contribution in [0.2, 0.25) is 0 Å². The largest absolute Gasteiger partial charge is 0.0683 e. The van der Waals surface area contributed by atoms with E-state index in [9.17, 15) is 0 Å². The molecule has 9 aromatic rings. The zero-order chi connectivity index (χ0) is 31.0. The molecular weight excluding hydrogens is 553 g/mol. The molecule has 0 fully saturated rings. The van der Waals surface area contributed by atoms with E-state index in [0.717, 1.165) is 0 Å². The minimum atomic E-state index is 1.23. The summed E-state index contributed by atoms with van der Waals surface area (Å²) in [5, 5.41) is 12.8. The topological polar surface area (TPSA) is 0 Å². The van der Waals surface area contributed by atoms with Gasteiger partial charge in [-0.05, 0) is 105 Å². The third-order valence-electron chi connectivity index (χ3n) is 9.20. The third kappa shape index (κ3) is 4.54. The molecular formula is C46H34. The van der Waals surface area contributed by atoms with Crippen LogP contribution in [0.15, 0.2) is 170 Å². The van der Waals surface area contributed by atoms with Crippen molar-refractivity contribution < 1.29 is 0 Å². The van der Waals surface area contributed by atoms with Gasteiger partial charge in [-0.1, -0.05) is 166 Å². The first kappa shape index (κ1) is 27.8. The van der Waals surface area contributed by atoms with Gasteiger partial charge in [0.15, 0.2) is 0 Å². The normalized spacial score (nSPS) is 11.3. The van der Waals surface area contributed by atoms with E-state index in [0.29, 0.717) is 0 Å². The monoisotopic (exact) mass is 586 g/mol. The van der Waals surface area contributed by atoms with Gasteiger partial charge in [-0.25, -0.2) is 0 Å². The van der Waals surface area contributed by atoms with E-state index in [1.54, 1.807) is 0 Å². The second-order valence-electron chi connectivity index (χ2n) is 11.7. The minimum Gasteiger partial charge on any atom is -0.0683 e. The van der Waals surface area contributed by atoms with Gasteiger partial charge in [0, 0.05) is 0 Å². The van der Waals surface area contributed by atoms with Crippen LogP contribution in [0.1, 0.15) is 13.8 Å². The molecule has 9 rings (SSSR count). The van der Waals surface area contributed by atoms with Crippen LogP contribution in [-0.4, -0.2) is 0 Å². The van der Waals surface area contributed by atoms with E-state index < -0.39 is 0 Å². The highest BCUT2D eigenvalue weighted by Crippen LogP contribution is 2.46. The Morgan fingerprint density at radius 3 is 1.46 bits per heavy atom. The Morgan fingerprint density at radius 2 is 0.739 bits per heavy atom. The summed E-state index contributed by atoms with van der Waals surface area (Å²) in [5.41, 5.74) is 7.56. The molecule has 0 unspecified atom stereocenters. The number of benzene rings is 9. The van der Waals surface area contributed by atoms with E-state index in [-0.39, 0.29) is 0 Å². The van der Waals surface area contributed by atoms with Crippen LogP contribution in [0.4, 0.5) is 0 Å². The maximum Gasteiger partial charge on any atom is -0.00201 e. The zero-order valence-electron chi connectivity index (χ0n) is 26.2. The van der Waals surface area contributed by atoms with Crippen molar-refractivity contribution in [2.45, 2.75) is 13.8 Å². The van der Waals surface area contributed by atoms with Gasteiger partial charge in [0.2, 0.25) is 0 Å². The molecule has 0 aromatic heterocycles. The molecule has 0 radical (unpaired) electrons. The lowest BCUT2D eigenvalue weighted by Crippen LogP contribution is -1.92. The van der Waals surface area contributed by atoms with Gasteiger partial charge in [-0.2, -0.15) is 0 Å². The van der Waals surface area contributed by atoms with Gasteiger partial charge < -0.3 is 0 Å². The predicted molar refractivity (Wildman–Crippen MR) is 202 cm³/mol. The first-order valence-electron chi connectivity index (χ1n) is 16.3. The van der Waals surface area contributed by atoms with Gasteiger partial charge in [0.05, 0.1) is 0 Å². The summed E-state index contributed by atoms with van der Waals surface area (Å²) in [4.78, 5) is 0. The molecule has 218 valence electrons. The maximum atomic E-state index is 2.40. The first-order valence-corrected chi connectivity index (χ1v) is 16.3. The summed E-state index contributed by atoms with van der Waals surface area (Å²) in [6.07, 6.45) is 0. The zero-order valence-corrected chi connectivity index (χ0v) is 26.2. The van der Waals surface area contributed by atoms with Crippen LogP contribution in [0.5, 0.6) is 0 Å². The van der Waals surface area contributed by atoms with E-state index in [4.69, 9.17) is 0 Å². The van der Waals surface area contributed by atoms with Crippen molar-refractivity contribution in [2.75, 3.05) is 0 Å². The van der Waals surface area contributed by atoms with E-state index in [2.05, 4.69) is 170 Å². The van der Waals surface area contributed by atoms with Crippen LogP contribution < -0.4 is 0 Å². The van der Waals surface area contributed by atoms with Crippen LogP contribution in [-0.2, 0) is 0 Å². The van der Waals surface area contributed by atoms with Crippen molar-refractivity contribution in [3.8, 4) is 33.4 Å². The van der Waals surface area contributed by atoms with Gasteiger partial charge in [-0.3, -0.25) is 0 Å². The third-order valence-corrected chi connectivity index (χ3v) is 9.20. The highest BCUT2D eigenvalue weighted by Gasteiger charge is 2.18. The summed E-state index contributed by atoms with van der Waals surface area (Å²) in [5.74, 6) is 0. The molecule has 0 heterocycles. The Balaban J connectivity index is 0.00000153. The van der Waals surface area contributed by atoms with Crippen molar-refractivity contribution >= 4 is 53.9 Å². The SMILES string of the molecule is CC.c1ccc(-c2cccc(-c3c4ccccc4c(-c4cccc5cc6c(ccc7ccccc76)cc45)c4ccccc34)c2)cc1. The fourth-order valence-electron chi connectivity index (χ4n) is 7.21. The Hall–Kier alpha value is -5.72. The Bertz CT molecular complexity index is 2480. The fourth-order valence-corrected chi connectivity index (χ4v) is 7.21. The summed E-state index contributed by atoms with van der Waals surface area (Å²) in [6.45, 7) is 4.00. The molecule has 0 N–H and O–H groups in total. The van der Waals surface area contributed by atoms with Crippen molar-refractivity contribution in [2.24, 2.45) is 0 Å². The Kier molecular flexibility index (Phi) is 7.04. The lowest BCUT2D eigenvalue weighted by molar-refractivity contribution is 1.50. The highest BCUT2D eigenvalue weighted by molar-refractivity contribution is 6.24. The van der Waals surface area contributed by atoms with E-state index in [1.807, 2.05) is 13.8 Å². The molecule has 0 heteroatoms. The molecule has 9 aromatic carbocycles. The summed E-state index contributed by atoms with van der Waals surface area (Å²) < 4.78 is 0. The van der Waals surface area contributed by atoms with Crippen LogP contribution in [0, 0.1) is 0 Å². The van der Waals surface area contributed by atoms with Gasteiger partial charge in [0.25, 0.3) is 0 Å². The smallest absolute Gasteiger partial charge is 0.00201 e. The summed E-state index contributed by atoms with van der Waals surface area (Å²) in [6, 6.07) is 62.3. The first-order chi connectivity index (χ1) is 22.8. The molecule has 0 atom stereocenters. The van der Waals surface area contributed by atoms with Crippen molar-refractivity contribution in [1.29, 1.82) is 0 Å². The molecule has 0 amide bonds. The molecule has 0 spiro atoms. The maximum absolute atomic E-state index is 2.40. The van der Waals surface area contributed by atoms with Gasteiger partial charge in [-0.15, -0.1) is 0 Å². The van der Waals surface area contributed by atoms with E-state index in [1.165, 1.54) is 87.2 Å². The molecule has 0 aliphatic heterocycles. The van der Waals surface area contributed by atoms with E-state index >= 15 is 0 Å². The lowest BCUT2D eigenvalue weighted by Gasteiger charge is -2.19. The molecule has 0 saturated heterocycles. The molecule has 0 bridgehead atoms. The number of hydrogen-bond acceptors (Lipinski definition) is 0. The summed E-state index contributed by atoms with van der Waals surface area (Å²) >= 11 is 0. The highest BCUT2D eigenvalue weighted by atomic mass is 14.2. The summed E-state index contributed by atoms with van der Waals surface area (Å²) in [7, 11) is 0. The Labute approximate surface area is 270 Å². The standard InChI is InChI=1S/C44H28.C2H6/c1-2-12-29(13-3-1)31-15-10-17-34(26-31)43-36-19-6-8-21-38(36)44(39-22-9-7-20-37(39)43)40-23-11-16-32-27-41-33(28-42(32)40)25-24-30-14-4-5-18-35(30)41;1-2/h1-28H;1-2H3. The molecule has 46 heavy (non-hydrogen) atoms. The molecule has 0 aliphatic carbocycles. The van der Waals surface area contributed by atoms with Crippen molar-refractivity contribution in [3.63, 3.8) is 0 Å². The molecule has 0 nitrogen and oxygen atoms in total. The van der Waals surface area contributed by atoms with Crippen LogP contribution in [0.25, 0.3) is 87.2 Å². The average Bonchev–Trinajstić information content (AvgIpc) is 3.14. The lowest BCUT2D eigenvalue weighted by atomic mass is 9.84. The number of rotatable bonds is 3. The van der Waals surface area contributed by atoms with Crippen LogP contribution in [0.3, 0.4) is 0 Å². The predicted octanol–water partition coefficient (Wildman–Crippen LogP) is 13.5. The fraction of sp³-hybridized carbons (Fsp3) is 0.0435.